The summed E-state index contributed by atoms with van der Waals surface area (Å²) in [5.41, 5.74) is 1.86. The largest absolute Gasteiger partial charge is 0.497 e. The quantitative estimate of drug-likeness (QED) is 0.744. The second kappa shape index (κ2) is 9.07. The van der Waals surface area contributed by atoms with Crippen LogP contribution < -0.4 is 10.1 Å². The van der Waals surface area contributed by atoms with Gasteiger partial charge in [-0.2, -0.15) is 0 Å². The number of ether oxygens (including phenoxy) is 3. The van der Waals surface area contributed by atoms with Crippen LogP contribution in [0.1, 0.15) is 18.5 Å². The molecular formula is C20H27N3O5. The molecule has 0 saturated carbocycles. The predicted octanol–water partition coefficient (Wildman–Crippen LogP) is 1.54. The topological polar surface area (TPSA) is 80.3 Å². The highest BCUT2D eigenvalue weighted by Gasteiger charge is 2.37. The van der Waals surface area contributed by atoms with Crippen LogP contribution >= 0.6 is 0 Å². The minimum absolute atomic E-state index is 0.260. The third kappa shape index (κ3) is 4.28. The average Bonchev–Trinajstić information content (AvgIpc) is 2.72. The highest BCUT2D eigenvalue weighted by molar-refractivity contribution is 5.95. The van der Waals surface area contributed by atoms with E-state index in [1.807, 2.05) is 24.3 Å². The molecule has 1 aromatic rings. The van der Waals surface area contributed by atoms with Crippen LogP contribution in [0.15, 0.2) is 35.5 Å². The fraction of sp³-hybridized carbons (Fsp3) is 0.500. The van der Waals surface area contributed by atoms with Crippen molar-refractivity contribution < 1.29 is 23.8 Å². The number of rotatable bonds is 6. The van der Waals surface area contributed by atoms with Gasteiger partial charge in [0.15, 0.2) is 0 Å². The van der Waals surface area contributed by atoms with E-state index in [1.54, 1.807) is 21.1 Å². The van der Waals surface area contributed by atoms with Gasteiger partial charge in [-0.15, -0.1) is 0 Å². The molecule has 1 fully saturated rings. The number of carbonyl (C=O) groups excluding carboxylic acids is 2. The molecule has 1 unspecified atom stereocenters. The zero-order chi connectivity index (χ0) is 20.1. The van der Waals surface area contributed by atoms with Gasteiger partial charge < -0.3 is 19.5 Å². The molecule has 0 radical (unpaired) electrons. The van der Waals surface area contributed by atoms with Crippen LogP contribution in [0.3, 0.4) is 0 Å². The molecule has 28 heavy (non-hydrogen) atoms. The number of hydrogen-bond acceptors (Lipinski definition) is 6. The van der Waals surface area contributed by atoms with Gasteiger partial charge in [-0.05, 0) is 24.6 Å². The van der Waals surface area contributed by atoms with Gasteiger partial charge in [0.05, 0.1) is 38.5 Å². The van der Waals surface area contributed by atoms with E-state index >= 15 is 0 Å². The van der Waals surface area contributed by atoms with Gasteiger partial charge in [-0.1, -0.05) is 12.1 Å². The Bertz CT molecular complexity index is 758. The van der Waals surface area contributed by atoms with Gasteiger partial charge in [0, 0.05) is 32.4 Å². The summed E-state index contributed by atoms with van der Waals surface area (Å²) < 4.78 is 16.1. The summed E-state index contributed by atoms with van der Waals surface area (Å²) >= 11 is 0. The summed E-state index contributed by atoms with van der Waals surface area (Å²) in [4.78, 5) is 29.2. The van der Waals surface area contributed by atoms with Crippen molar-refractivity contribution >= 4 is 12.0 Å². The Morgan fingerprint density at radius 2 is 2.07 bits per heavy atom. The lowest BCUT2D eigenvalue weighted by Gasteiger charge is -2.37. The molecule has 2 aliphatic heterocycles. The number of morpholine rings is 1. The first-order valence-electron chi connectivity index (χ1n) is 9.43. The summed E-state index contributed by atoms with van der Waals surface area (Å²) in [7, 11) is 3.25. The van der Waals surface area contributed by atoms with Gasteiger partial charge in [-0.3, -0.25) is 9.80 Å². The molecule has 2 amide bonds. The van der Waals surface area contributed by atoms with Gasteiger partial charge in [0.25, 0.3) is 0 Å². The molecule has 2 heterocycles. The number of urea groups is 1. The van der Waals surface area contributed by atoms with Crippen LogP contribution in [0.4, 0.5) is 4.79 Å². The molecule has 0 aromatic heterocycles. The van der Waals surface area contributed by atoms with E-state index in [-0.39, 0.29) is 12.6 Å². The fourth-order valence-corrected chi connectivity index (χ4v) is 3.44. The van der Waals surface area contributed by atoms with Gasteiger partial charge in [0.2, 0.25) is 0 Å². The maximum atomic E-state index is 12.9. The van der Waals surface area contributed by atoms with E-state index < -0.39 is 12.0 Å². The van der Waals surface area contributed by atoms with E-state index in [4.69, 9.17) is 14.2 Å². The molecule has 8 heteroatoms. The van der Waals surface area contributed by atoms with Crippen molar-refractivity contribution in [2.24, 2.45) is 0 Å². The minimum Gasteiger partial charge on any atom is -0.497 e. The van der Waals surface area contributed by atoms with E-state index in [9.17, 15) is 9.59 Å². The molecule has 1 atom stereocenters. The molecule has 3 rings (SSSR count). The van der Waals surface area contributed by atoms with Crippen molar-refractivity contribution in [1.29, 1.82) is 0 Å². The molecule has 8 nitrogen and oxygen atoms in total. The van der Waals surface area contributed by atoms with Crippen LogP contribution in [-0.4, -0.2) is 75.4 Å². The van der Waals surface area contributed by atoms with Crippen molar-refractivity contribution in [1.82, 2.24) is 15.1 Å². The Morgan fingerprint density at radius 1 is 1.32 bits per heavy atom. The first-order valence-corrected chi connectivity index (χ1v) is 9.43. The van der Waals surface area contributed by atoms with Crippen molar-refractivity contribution in [3.05, 3.63) is 41.1 Å². The Kier molecular flexibility index (Phi) is 6.53. The zero-order valence-corrected chi connectivity index (χ0v) is 16.6. The summed E-state index contributed by atoms with van der Waals surface area (Å²) in [5.74, 6) is 0.231. The third-order valence-electron chi connectivity index (χ3n) is 4.98. The molecule has 152 valence electrons. The minimum atomic E-state index is -0.603. The number of nitrogens with zero attached hydrogens (tertiary/aromatic N) is 2. The van der Waals surface area contributed by atoms with Crippen molar-refractivity contribution in [3.63, 3.8) is 0 Å². The first kappa shape index (κ1) is 20.2. The molecule has 1 saturated heterocycles. The van der Waals surface area contributed by atoms with Crippen LogP contribution in [-0.2, 0) is 14.3 Å². The van der Waals surface area contributed by atoms with Crippen LogP contribution in [0.2, 0.25) is 0 Å². The van der Waals surface area contributed by atoms with E-state index in [1.165, 1.54) is 4.90 Å². The summed E-state index contributed by atoms with van der Waals surface area (Å²) in [5, 5.41) is 2.92. The lowest BCUT2D eigenvalue weighted by molar-refractivity contribution is -0.139. The number of carbonyl (C=O) groups is 2. The number of esters is 1. The van der Waals surface area contributed by atoms with Crippen LogP contribution in [0, 0.1) is 0 Å². The molecule has 0 bridgehead atoms. The fourth-order valence-electron chi connectivity index (χ4n) is 3.44. The molecule has 1 N–H and O–H groups in total. The molecule has 2 aliphatic rings. The van der Waals surface area contributed by atoms with Crippen molar-refractivity contribution in [3.8, 4) is 5.75 Å². The first-order chi connectivity index (χ1) is 13.5. The van der Waals surface area contributed by atoms with Crippen molar-refractivity contribution in [2.45, 2.75) is 13.0 Å². The lowest BCUT2D eigenvalue weighted by Crippen LogP contribution is -2.50. The smallest absolute Gasteiger partial charge is 0.338 e. The lowest BCUT2D eigenvalue weighted by atomic mass is 9.94. The number of methoxy groups -OCH3 is 1. The maximum absolute atomic E-state index is 12.9. The Balaban J connectivity index is 2.05. The van der Waals surface area contributed by atoms with Gasteiger partial charge >= 0.3 is 12.0 Å². The Labute approximate surface area is 165 Å². The zero-order valence-electron chi connectivity index (χ0n) is 16.6. The summed E-state index contributed by atoms with van der Waals surface area (Å²) in [6.45, 7) is 5.27. The second-order valence-electron chi connectivity index (χ2n) is 6.69. The molecule has 1 aromatic carbocycles. The summed E-state index contributed by atoms with van der Waals surface area (Å²) in [6, 6.07) is 6.48. The Morgan fingerprint density at radius 3 is 2.75 bits per heavy atom. The average molecular weight is 389 g/mol. The maximum Gasteiger partial charge on any atom is 0.338 e. The number of amides is 2. The number of benzene rings is 1. The number of hydrogen-bond donors (Lipinski definition) is 1. The molecule has 0 aliphatic carbocycles. The highest BCUT2D eigenvalue weighted by atomic mass is 16.5. The molecule has 0 spiro atoms. The normalized spacial score (nSPS) is 20.8. The van der Waals surface area contributed by atoms with Gasteiger partial charge in [0.1, 0.15) is 5.75 Å². The van der Waals surface area contributed by atoms with Gasteiger partial charge in [-0.25, -0.2) is 9.59 Å². The van der Waals surface area contributed by atoms with Crippen molar-refractivity contribution in [2.75, 3.05) is 53.6 Å². The van der Waals surface area contributed by atoms with Crippen LogP contribution in [0.25, 0.3) is 0 Å². The number of likely N-dealkylation sites (N-methyl/N-ethyl adjacent to an activating group) is 1. The Hall–Kier alpha value is -2.58. The predicted molar refractivity (Wildman–Crippen MR) is 103 cm³/mol. The third-order valence-corrected chi connectivity index (χ3v) is 4.98. The second-order valence-corrected chi connectivity index (χ2v) is 6.69. The molecular weight excluding hydrogens is 362 g/mol. The van der Waals surface area contributed by atoms with E-state index in [0.29, 0.717) is 36.8 Å². The van der Waals surface area contributed by atoms with Crippen LogP contribution in [0.5, 0.6) is 5.75 Å². The highest BCUT2D eigenvalue weighted by Crippen LogP contribution is 2.32. The van der Waals surface area contributed by atoms with E-state index in [2.05, 4.69) is 10.2 Å². The standard InChI is InChI=1S/C20H27N3O5/c1-4-28-19(24)17-16(13-23-8-10-27-11-9-23)22(2)20(25)21-18(17)14-6-5-7-15(12-14)26-3/h5-7,12,18H,4,8-11,13H2,1-3H3,(H,21,25). The summed E-state index contributed by atoms with van der Waals surface area (Å²) in [6.07, 6.45) is 0. The number of nitrogens with one attached hydrogen (secondary N) is 1. The monoisotopic (exact) mass is 389 g/mol. The SMILES string of the molecule is CCOC(=O)C1=C(CN2CCOCC2)N(C)C(=O)NC1c1cccc(OC)c1. The van der Waals surface area contributed by atoms with E-state index in [0.717, 1.165) is 18.7 Å².